The standard InChI is InChI=1S/C17H13FN2O2/c1-10-2-5-14(18)8-15(10)12-4-3-11-7-16(20-17(21)22)19-9-13(11)6-12/h2-9H,1H3,(H,19,20)(H,21,22). The maximum Gasteiger partial charge on any atom is 0.410 e. The zero-order chi connectivity index (χ0) is 15.7. The molecular weight excluding hydrogens is 283 g/mol. The molecule has 0 saturated heterocycles. The minimum atomic E-state index is -1.15. The molecule has 0 spiro atoms. The molecule has 0 unspecified atom stereocenters. The number of pyridine rings is 1. The molecule has 1 amide bonds. The number of aryl methyl sites for hydroxylation is 1. The van der Waals surface area contributed by atoms with Gasteiger partial charge in [0.05, 0.1) is 0 Å². The molecule has 2 N–H and O–H groups in total. The van der Waals surface area contributed by atoms with Crippen LogP contribution >= 0.6 is 0 Å². The summed E-state index contributed by atoms with van der Waals surface area (Å²) in [4.78, 5) is 14.7. The van der Waals surface area contributed by atoms with Crippen LogP contribution in [0.25, 0.3) is 21.9 Å². The van der Waals surface area contributed by atoms with Crippen LogP contribution in [-0.2, 0) is 0 Å². The minimum Gasteiger partial charge on any atom is -0.465 e. The summed E-state index contributed by atoms with van der Waals surface area (Å²) in [7, 11) is 0. The topological polar surface area (TPSA) is 62.2 Å². The second-order valence-electron chi connectivity index (χ2n) is 5.02. The molecule has 1 heterocycles. The number of carbonyl (C=O) groups is 1. The highest BCUT2D eigenvalue weighted by atomic mass is 19.1. The lowest BCUT2D eigenvalue weighted by atomic mass is 9.98. The van der Waals surface area contributed by atoms with Crippen LogP contribution in [0.2, 0.25) is 0 Å². The van der Waals surface area contributed by atoms with Crippen molar-refractivity contribution in [2.75, 3.05) is 5.32 Å². The maximum absolute atomic E-state index is 13.4. The van der Waals surface area contributed by atoms with E-state index in [9.17, 15) is 9.18 Å². The molecule has 110 valence electrons. The molecule has 1 aromatic heterocycles. The lowest BCUT2D eigenvalue weighted by Gasteiger charge is -2.08. The van der Waals surface area contributed by atoms with E-state index in [0.717, 1.165) is 27.5 Å². The summed E-state index contributed by atoms with van der Waals surface area (Å²) in [5.74, 6) is -0.00508. The van der Waals surface area contributed by atoms with Crippen molar-refractivity contribution in [1.29, 1.82) is 0 Å². The number of halogens is 1. The summed E-state index contributed by atoms with van der Waals surface area (Å²) in [5, 5.41) is 12.6. The van der Waals surface area contributed by atoms with E-state index in [4.69, 9.17) is 5.11 Å². The molecule has 3 aromatic rings. The number of carboxylic acid groups (broad SMARTS) is 1. The van der Waals surface area contributed by atoms with Crippen LogP contribution in [0, 0.1) is 12.7 Å². The van der Waals surface area contributed by atoms with Gasteiger partial charge in [0.2, 0.25) is 0 Å². The van der Waals surface area contributed by atoms with Crippen molar-refractivity contribution in [1.82, 2.24) is 4.98 Å². The largest absolute Gasteiger partial charge is 0.465 e. The molecular formula is C17H13FN2O2. The molecule has 0 aliphatic carbocycles. The SMILES string of the molecule is Cc1ccc(F)cc1-c1ccc2cc(NC(=O)O)ncc2c1. The van der Waals surface area contributed by atoms with Crippen molar-refractivity contribution in [3.05, 3.63) is 60.0 Å². The van der Waals surface area contributed by atoms with Crippen molar-refractivity contribution in [3.63, 3.8) is 0 Å². The molecule has 0 aliphatic rings. The van der Waals surface area contributed by atoms with Gasteiger partial charge in [-0.25, -0.2) is 14.2 Å². The average molecular weight is 296 g/mol. The molecule has 5 heteroatoms. The van der Waals surface area contributed by atoms with E-state index in [2.05, 4.69) is 10.3 Å². The van der Waals surface area contributed by atoms with Gasteiger partial charge in [-0.05, 0) is 53.3 Å². The van der Waals surface area contributed by atoms with E-state index in [0.29, 0.717) is 0 Å². The summed E-state index contributed by atoms with van der Waals surface area (Å²) >= 11 is 0. The number of hydrogen-bond donors (Lipinski definition) is 2. The van der Waals surface area contributed by atoms with Gasteiger partial charge in [0, 0.05) is 11.6 Å². The summed E-state index contributed by atoms with van der Waals surface area (Å²) in [5.41, 5.74) is 2.71. The fourth-order valence-corrected chi connectivity index (χ4v) is 2.39. The van der Waals surface area contributed by atoms with E-state index < -0.39 is 6.09 Å². The summed E-state index contributed by atoms with van der Waals surface area (Å²) < 4.78 is 13.4. The van der Waals surface area contributed by atoms with Crippen molar-refractivity contribution in [2.45, 2.75) is 6.92 Å². The Morgan fingerprint density at radius 2 is 1.95 bits per heavy atom. The summed E-state index contributed by atoms with van der Waals surface area (Å²) in [6, 6.07) is 12.0. The first-order valence-corrected chi connectivity index (χ1v) is 6.69. The molecule has 0 radical (unpaired) electrons. The van der Waals surface area contributed by atoms with Gasteiger partial charge in [0.15, 0.2) is 0 Å². The predicted octanol–water partition coefficient (Wildman–Crippen LogP) is 4.44. The molecule has 2 aromatic carbocycles. The van der Waals surface area contributed by atoms with Crippen molar-refractivity contribution in [3.8, 4) is 11.1 Å². The van der Waals surface area contributed by atoms with Gasteiger partial charge in [0.1, 0.15) is 11.6 Å². The van der Waals surface area contributed by atoms with Crippen LogP contribution < -0.4 is 5.32 Å². The highest BCUT2D eigenvalue weighted by Crippen LogP contribution is 2.28. The number of benzene rings is 2. The fourth-order valence-electron chi connectivity index (χ4n) is 2.39. The van der Waals surface area contributed by atoms with Gasteiger partial charge >= 0.3 is 6.09 Å². The Morgan fingerprint density at radius 3 is 2.73 bits per heavy atom. The number of rotatable bonds is 2. The highest BCUT2D eigenvalue weighted by molar-refractivity contribution is 5.91. The Kier molecular flexibility index (Phi) is 3.47. The third-order valence-electron chi connectivity index (χ3n) is 3.47. The first kappa shape index (κ1) is 14.0. The monoisotopic (exact) mass is 296 g/mol. The number of fused-ring (bicyclic) bond motifs is 1. The third kappa shape index (κ3) is 2.74. The Labute approximate surface area is 126 Å². The van der Waals surface area contributed by atoms with E-state index in [1.807, 2.05) is 25.1 Å². The number of amides is 1. The van der Waals surface area contributed by atoms with Crippen LogP contribution in [0.3, 0.4) is 0 Å². The molecule has 0 atom stereocenters. The Balaban J connectivity index is 2.06. The molecule has 0 saturated carbocycles. The van der Waals surface area contributed by atoms with Gasteiger partial charge in [-0.3, -0.25) is 5.32 Å². The van der Waals surface area contributed by atoms with Crippen LogP contribution in [0.15, 0.2) is 48.7 Å². The summed E-state index contributed by atoms with van der Waals surface area (Å²) in [6.07, 6.45) is 0.442. The first-order chi connectivity index (χ1) is 10.5. The van der Waals surface area contributed by atoms with Crippen molar-refractivity contribution in [2.24, 2.45) is 0 Å². The van der Waals surface area contributed by atoms with Crippen LogP contribution in [0.1, 0.15) is 5.56 Å². The minimum absolute atomic E-state index is 0.273. The van der Waals surface area contributed by atoms with Gasteiger partial charge in [-0.2, -0.15) is 0 Å². The van der Waals surface area contributed by atoms with Crippen molar-refractivity contribution >= 4 is 22.7 Å². The summed E-state index contributed by atoms with van der Waals surface area (Å²) in [6.45, 7) is 1.93. The number of aromatic nitrogens is 1. The molecule has 0 bridgehead atoms. The smallest absolute Gasteiger partial charge is 0.410 e. The third-order valence-corrected chi connectivity index (χ3v) is 3.47. The number of anilines is 1. The van der Waals surface area contributed by atoms with Crippen LogP contribution in [-0.4, -0.2) is 16.2 Å². The van der Waals surface area contributed by atoms with Gasteiger partial charge in [0.25, 0.3) is 0 Å². The lowest BCUT2D eigenvalue weighted by Crippen LogP contribution is -2.08. The van der Waals surface area contributed by atoms with Crippen molar-refractivity contribution < 1.29 is 14.3 Å². The van der Waals surface area contributed by atoms with Crippen LogP contribution in [0.4, 0.5) is 15.0 Å². The second-order valence-corrected chi connectivity index (χ2v) is 5.02. The van der Waals surface area contributed by atoms with Gasteiger partial charge in [-0.1, -0.05) is 18.2 Å². The fraction of sp³-hybridized carbons (Fsp3) is 0.0588. The van der Waals surface area contributed by atoms with Crippen LogP contribution in [0.5, 0.6) is 0 Å². The number of nitrogens with one attached hydrogen (secondary N) is 1. The Bertz CT molecular complexity index is 878. The van der Waals surface area contributed by atoms with Gasteiger partial charge < -0.3 is 5.11 Å². The number of hydrogen-bond acceptors (Lipinski definition) is 2. The maximum atomic E-state index is 13.4. The van der Waals surface area contributed by atoms with Gasteiger partial charge in [-0.15, -0.1) is 0 Å². The molecule has 4 nitrogen and oxygen atoms in total. The van der Waals surface area contributed by atoms with E-state index in [1.54, 1.807) is 18.3 Å². The Morgan fingerprint density at radius 1 is 1.14 bits per heavy atom. The number of nitrogens with zero attached hydrogens (tertiary/aromatic N) is 1. The molecule has 22 heavy (non-hydrogen) atoms. The first-order valence-electron chi connectivity index (χ1n) is 6.69. The van der Waals surface area contributed by atoms with E-state index in [1.165, 1.54) is 12.1 Å². The highest BCUT2D eigenvalue weighted by Gasteiger charge is 2.06. The van der Waals surface area contributed by atoms with E-state index >= 15 is 0 Å². The quantitative estimate of drug-likeness (QED) is 0.735. The predicted molar refractivity (Wildman–Crippen MR) is 83.5 cm³/mol. The molecule has 3 rings (SSSR count). The normalized spacial score (nSPS) is 10.6. The zero-order valence-electron chi connectivity index (χ0n) is 11.8. The Hall–Kier alpha value is -2.95. The van der Waals surface area contributed by atoms with E-state index in [-0.39, 0.29) is 11.6 Å². The molecule has 0 aliphatic heterocycles. The molecule has 0 fully saturated rings. The second kappa shape index (κ2) is 5.44. The lowest BCUT2D eigenvalue weighted by molar-refractivity contribution is 0.209. The zero-order valence-corrected chi connectivity index (χ0v) is 11.8. The average Bonchev–Trinajstić information content (AvgIpc) is 2.48.